The molecule has 7 heteroatoms. The van der Waals surface area contributed by atoms with Crippen LogP contribution in [0, 0.1) is 12.8 Å². The van der Waals surface area contributed by atoms with E-state index >= 15 is 0 Å². The van der Waals surface area contributed by atoms with Crippen molar-refractivity contribution in [3.05, 3.63) is 54.5 Å². The van der Waals surface area contributed by atoms with Gasteiger partial charge in [-0.1, -0.05) is 0 Å². The minimum atomic E-state index is 0.464. The first-order valence-electron chi connectivity index (χ1n) is 11.3. The number of hydrogen-bond acceptors (Lipinski definition) is 7. The Balaban J connectivity index is 1.42. The second-order valence-electron chi connectivity index (χ2n) is 8.69. The van der Waals surface area contributed by atoms with Crippen LogP contribution in [-0.4, -0.2) is 53.7 Å². The molecule has 1 saturated heterocycles. The van der Waals surface area contributed by atoms with Crippen LogP contribution in [0.5, 0.6) is 23.1 Å². The second kappa shape index (κ2) is 9.19. The van der Waals surface area contributed by atoms with E-state index in [-0.39, 0.29) is 0 Å². The molecule has 1 fully saturated rings. The van der Waals surface area contributed by atoms with Gasteiger partial charge in [0.25, 0.3) is 0 Å². The van der Waals surface area contributed by atoms with Gasteiger partial charge in [-0.15, -0.1) is 0 Å². The van der Waals surface area contributed by atoms with Crippen molar-refractivity contribution in [1.82, 2.24) is 19.9 Å². The predicted octanol–water partition coefficient (Wildman–Crippen LogP) is 5.01. The molecule has 2 aromatic heterocycles. The fraction of sp³-hybridized carbons (Fsp3) is 0.346. The molecule has 0 spiro atoms. The summed E-state index contributed by atoms with van der Waals surface area (Å²) in [5.74, 6) is 2.97. The standard InChI is InChI=1S/C26H28N4O3/c1-17-8-9-27-22-11-19(6-7-20(17)22)33-26-21-12-24(31-3)25(13-23(21)28-16-29-26)32-15-18-5-4-10-30(2)14-18/h6-9,11-13,16,18H,4-5,10,14-15H2,1-3H3. The number of ether oxygens (including phenoxy) is 3. The molecule has 0 amide bonds. The highest BCUT2D eigenvalue weighted by Crippen LogP contribution is 2.37. The summed E-state index contributed by atoms with van der Waals surface area (Å²) in [6.45, 7) is 4.93. The molecule has 0 aliphatic carbocycles. The molecule has 0 saturated carbocycles. The first kappa shape index (κ1) is 21.4. The van der Waals surface area contributed by atoms with Gasteiger partial charge < -0.3 is 19.1 Å². The largest absolute Gasteiger partial charge is 0.493 e. The van der Waals surface area contributed by atoms with E-state index in [1.54, 1.807) is 13.3 Å². The Bertz CT molecular complexity index is 1290. The van der Waals surface area contributed by atoms with Crippen molar-refractivity contribution in [3.8, 4) is 23.1 Å². The Morgan fingerprint density at radius 2 is 1.88 bits per heavy atom. The van der Waals surface area contributed by atoms with Crippen molar-refractivity contribution in [1.29, 1.82) is 0 Å². The molecule has 2 aromatic carbocycles. The van der Waals surface area contributed by atoms with Crippen LogP contribution in [0.4, 0.5) is 0 Å². The first-order valence-corrected chi connectivity index (χ1v) is 11.3. The number of benzene rings is 2. The maximum Gasteiger partial charge on any atom is 0.230 e. The van der Waals surface area contributed by atoms with E-state index in [1.807, 2.05) is 36.4 Å². The highest BCUT2D eigenvalue weighted by atomic mass is 16.5. The average Bonchev–Trinajstić information content (AvgIpc) is 2.82. The Morgan fingerprint density at radius 3 is 2.73 bits per heavy atom. The highest BCUT2D eigenvalue weighted by molar-refractivity contribution is 5.87. The van der Waals surface area contributed by atoms with Crippen LogP contribution in [0.1, 0.15) is 18.4 Å². The molecule has 1 unspecified atom stereocenters. The monoisotopic (exact) mass is 444 g/mol. The van der Waals surface area contributed by atoms with Crippen LogP contribution >= 0.6 is 0 Å². The van der Waals surface area contributed by atoms with Crippen LogP contribution in [-0.2, 0) is 0 Å². The van der Waals surface area contributed by atoms with Gasteiger partial charge in [-0.3, -0.25) is 4.98 Å². The fourth-order valence-corrected chi connectivity index (χ4v) is 4.46. The minimum Gasteiger partial charge on any atom is -0.493 e. The van der Waals surface area contributed by atoms with E-state index in [1.165, 1.54) is 24.7 Å². The Hall–Kier alpha value is -3.45. The van der Waals surface area contributed by atoms with Crippen LogP contribution in [0.3, 0.4) is 0 Å². The lowest BCUT2D eigenvalue weighted by Crippen LogP contribution is -2.34. The molecule has 0 bridgehead atoms. The van der Waals surface area contributed by atoms with E-state index in [9.17, 15) is 0 Å². The molecule has 4 aromatic rings. The molecule has 7 nitrogen and oxygen atoms in total. The molecule has 3 heterocycles. The van der Waals surface area contributed by atoms with Gasteiger partial charge >= 0.3 is 0 Å². The Labute approximate surface area is 193 Å². The molecule has 33 heavy (non-hydrogen) atoms. The number of piperidine rings is 1. The van der Waals surface area contributed by atoms with E-state index in [0.29, 0.717) is 35.7 Å². The third kappa shape index (κ3) is 4.54. The number of pyridine rings is 1. The summed E-state index contributed by atoms with van der Waals surface area (Å²) >= 11 is 0. The summed E-state index contributed by atoms with van der Waals surface area (Å²) in [5.41, 5.74) is 2.80. The molecule has 1 atom stereocenters. The topological polar surface area (TPSA) is 69.6 Å². The van der Waals surface area contributed by atoms with Crippen LogP contribution in [0.2, 0.25) is 0 Å². The molecule has 5 rings (SSSR count). The summed E-state index contributed by atoms with van der Waals surface area (Å²) in [6.07, 6.45) is 5.70. The molecular formula is C26H28N4O3. The lowest BCUT2D eigenvalue weighted by molar-refractivity contribution is 0.148. The van der Waals surface area contributed by atoms with Gasteiger partial charge in [0.2, 0.25) is 5.88 Å². The summed E-state index contributed by atoms with van der Waals surface area (Å²) in [4.78, 5) is 15.6. The zero-order chi connectivity index (χ0) is 22.8. The number of rotatable bonds is 6. The van der Waals surface area contributed by atoms with Gasteiger partial charge in [-0.25, -0.2) is 9.97 Å². The summed E-state index contributed by atoms with van der Waals surface area (Å²) in [6, 6.07) is 11.7. The van der Waals surface area contributed by atoms with E-state index in [4.69, 9.17) is 14.2 Å². The Kier molecular flexibility index (Phi) is 5.96. The molecule has 0 N–H and O–H groups in total. The zero-order valence-electron chi connectivity index (χ0n) is 19.2. The van der Waals surface area contributed by atoms with Gasteiger partial charge in [0.05, 0.1) is 30.1 Å². The van der Waals surface area contributed by atoms with Crippen molar-refractivity contribution in [2.75, 3.05) is 33.9 Å². The second-order valence-corrected chi connectivity index (χ2v) is 8.69. The maximum atomic E-state index is 6.18. The SMILES string of the molecule is COc1cc2c(Oc3ccc4c(C)ccnc4c3)ncnc2cc1OCC1CCCN(C)C1. The quantitative estimate of drug-likeness (QED) is 0.414. The van der Waals surface area contributed by atoms with Crippen molar-refractivity contribution in [2.45, 2.75) is 19.8 Å². The maximum absolute atomic E-state index is 6.18. The predicted molar refractivity (Wildman–Crippen MR) is 128 cm³/mol. The number of methoxy groups -OCH3 is 1. The van der Waals surface area contributed by atoms with Gasteiger partial charge in [0.1, 0.15) is 12.1 Å². The van der Waals surface area contributed by atoms with Crippen molar-refractivity contribution >= 4 is 21.8 Å². The van der Waals surface area contributed by atoms with Crippen LogP contribution < -0.4 is 14.2 Å². The van der Waals surface area contributed by atoms with E-state index in [0.717, 1.165) is 34.9 Å². The molecule has 170 valence electrons. The van der Waals surface area contributed by atoms with Gasteiger partial charge in [-0.2, -0.15) is 0 Å². The van der Waals surface area contributed by atoms with Gasteiger partial charge in [-0.05, 0) is 63.2 Å². The van der Waals surface area contributed by atoms with Crippen molar-refractivity contribution in [2.24, 2.45) is 5.92 Å². The summed E-state index contributed by atoms with van der Waals surface area (Å²) in [7, 11) is 3.80. The summed E-state index contributed by atoms with van der Waals surface area (Å²) < 4.78 is 18.0. The van der Waals surface area contributed by atoms with Crippen LogP contribution in [0.25, 0.3) is 21.8 Å². The lowest BCUT2D eigenvalue weighted by Gasteiger charge is -2.29. The number of aromatic nitrogens is 3. The molecular weight excluding hydrogens is 416 g/mol. The molecule has 1 aliphatic rings. The Morgan fingerprint density at radius 1 is 1.00 bits per heavy atom. The van der Waals surface area contributed by atoms with Crippen LogP contribution in [0.15, 0.2) is 48.9 Å². The van der Waals surface area contributed by atoms with Crippen molar-refractivity contribution in [3.63, 3.8) is 0 Å². The van der Waals surface area contributed by atoms with E-state index < -0.39 is 0 Å². The number of fused-ring (bicyclic) bond motifs is 2. The normalized spacial score (nSPS) is 16.8. The highest BCUT2D eigenvalue weighted by Gasteiger charge is 2.19. The van der Waals surface area contributed by atoms with Gasteiger partial charge in [0.15, 0.2) is 11.5 Å². The van der Waals surface area contributed by atoms with E-state index in [2.05, 4.69) is 33.8 Å². The number of likely N-dealkylation sites (tertiary alicyclic amines) is 1. The third-order valence-electron chi connectivity index (χ3n) is 6.23. The van der Waals surface area contributed by atoms with Gasteiger partial charge in [0, 0.05) is 36.2 Å². The minimum absolute atomic E-state index is 0.464. The average molecular weight is 445 g/mol. The first-order chi connectivity index (χ1) is 16.1. The fourth-order valence-electron chi connectivity index (χ4n) is 4.46. The summed E-state index contributed by atoms with van der Waals surface area (Å²) in [5, 5.41) is 1.86. The molecule has 1 aliphatic heterocycles. The lowest BCUT2D eigenvalue weighted by atomic mass is 9.99. The van der Waals surface area contributed by atoms with Crippen molar-refractivity contribution < 1.29 is 14.2 Å². The smallest absolute Gasteiger partial charge is 0.230 e. The third-order valence-corrected chi connectivity index (χ3v) is 6.23. The number of nitrogens with zero attached hydrogens (tertiary/aromatic N) is 4. The molecule has 0 radical (unpaired) electrons. The number of hydrogen-bond donors (Lipinski definition) is 0. The zero-order valence-corrected chi connectivity index (χ0v) is 19.2. The number of aryl methyl sites for hydroxylation is 1.